The van der Waals surface area contributed by atoms with Crippen molar-refractivity contribution in [3.05, 3.63) is 52.8 Å². The lowest BCUT2D eigenvalue weighted by Crippen LogP contribution is -2.36. The van der Waals surface area contributed by atoms with E-state index < -0.39 is 0 Å². The topological polar surface area (TPSA) is 46.9 Å². The molecular formula is C18H25N3O. The third-order valence-electron chi connectivity index (χ3n) is 4.01. The maximum atomic E-state index is 12.2. The molecule has 1 aromatic heterocycles. The Morgan fingerprint density at radius 1 is 1.18 bits per heavy atom. The molecule has 1 amide bonds. The molecule has 0 saturated carbocycles. The number of amides is 1. The molecule has 1 unspecified atom stereocenters. The molecule has 4 heteroatoms. The van der Waals surface area contributed by atoms with Crippen molar-refractivity contribution < 1.29 is 4.79 Å². The van der Waals surface area contributed by atoms with Crippen LogP contribution in [0.25, 0.3) is 0 Å². The van der Waals surface area contributed by atoms with Gasteiger partial charge in [0.05, 0.1) is 12.2 Å². The minimum absolute atomic E-state index is 0.0149. The van der Waals surface area contributed by atoms with Crippen LogP contribution in [0, 0.1) is 19.8 Å². The molecule has 0 aliphatic heterocycles. The fourth-order valence-corrected chi connectivity index (χ4v) is 2.23. The monoisotopic (exact) mass is 299 g/mol. The lowest BCUT2D eigenvalue weighted by molar-refractivity contribution is 0.0930. The average molecular weight is 299 g/mol. The number of nitrogens with zero attached hydrogens (tertiary/aromatic N) is 2. The lowest BCUT2D eigenvalue weighted by Gasteiger charge is -2.17. The standard InChI is InChI=1S/C18H25N3O/c1-12(2)15(5)19-18(22)17-8-6-16(7-9-17)11-21-14(4)10-13(3)20-21/h6-10,12,15H,11H2,1-5H3,(H,19,22). The summed E-state index contributed by atoms with van der Waals surface area (Å²) in [6.45, 7) is 11.0. The highest BCUT2D eigenvalue weighted by Gasteiger charge is 2.12. The maximum absolute atomic E-state index is 12.2. The zero-order valence-electron chi connectivity index (χ0n) is 14.1. The van der Waals surface area contributed by atoms with E-state index in [1.807, 2.05) is 42.8 Å². The van der Waals surface area contributed by atoms with Gasteiger partial charge in [0.2, 0.25) is 0 Å². The molecule has 0 saturated heterocycles. The number of hydrogen-bond donors (Lipinski definition) is 1. The Kier molecular flexibility index (Phi) is 5.01. The zero-order valence-corrected chi connectivity index (χ0v) is 14.1. The van der Waals surface area contributed by atoms with Crippen molar-refractivity contribution in [2.24, 2.45) is 5.92 Å². The summed E-state index contributed by atoms with van der Waals surface area (Å²) in [5, 5.41) is 7.48. The number of carbonyl (C=O) groups is 1. The van der Waals surface area contributed by atoms with Gasteiger partial charge in [-0.1, -0.05) is 26.0 Å². The predicted octanol–water partition coefficient (Wildman–Crippen LogP) is 3.32. The van der Waals surface area contributed by atoms with Gasteiger partial charge in [-0.2, -0.15) is 5.10 Å². The first-order valence-electron chi connectivity index (χ1n) is 7.77. The molecule has 2 aromatic rings. The molecule has 0 spiro atoms. The van der Waals surface area contributed by atoms with E-state index in [1.165, 1.54) is 0 Å². The summed E-state index contributed by atoms with van der Waals surface area (Å²) in [5.41, 5.74) is 4.01. The van der Waals surface area contributed by atoms with Gasteiger partial charge >= 0.3 is 0 Å². The number of nitrogens with one attached hydrogen (secondary N) is 1. The smallest absolute Gasteiger partial charge is 0.251 e. The van der Waals surface area contributed by atoms with Crippen LogP contribution >= 0.6 is 0 Å². The van der Waals surface area contributed by atoms with Gasteiger partial charge in [-0.05, 0) is 50.5 Å². The van der Waals surface area contributed by atoms with E-state index in [9.17, 15) is 4.79 Å². The highest BCUT2D eigenvalue weighted by molar-refractivity contribution is 5.94. The third-order valence-corrected chi connectivity index (χ3v) is 4.01. The quantitative estimate of drug-likeness (QED) is 0.920. The highest BCUT2D eigenvalue weighted by Crippen LogP contribution is 2.10. The third kappa shape index (κ3) is 3.97. The van der Waals surface area contributed by atoms with Crippen molar-refractivity contribution in [1.82, 2.24) is 15.1 Å². The molecule has 1 aromatic carbocycles. The second kappa shape index (κ2) is 6.77. The Morgan fingerprint density at radius 2 is 1.82 bits per heavy atom. The molecular weight excluding hydrogens is 274 g/mol. The van der Waals surface area contributed by atoms with Crippen LogP contribution in [0.3, 0.4) is 0 Å². The summed E-state index contributed by atoms with van der Waals surface area (Å²) in [5.74, 6) is 0.410. The van der Waals surface area contributed by atoms with E-state index in [0.717, 1.165) is 23.5 Å². The lowest BCUT2D eigenvalue weighted by atomic mass is 10.1. The molecule has 1 atom stereocenters. The van der Waals surface area contributed by atoms with Crippen LogP contribution in [0.5, 0.6) is 0 Å². The average Bonchev–Trinajstić information content (AvgIpc) is 2.77. The molecule has 22 heavy (non-hydrogen) atoms. The van der Waals surface area contributed by atoms with E-state index in [2.05, 4.69) is 37.3 Å². The number of rotatable bonds is 5. The van der Waals surface area contributed by atoms with Crippen molar-refractivity contribution >= 4 is 5.91 Å². The van der Waals surface area contributed by atoms with Gasteiger partial charge in [-0.15, -0.1) is 0 Å². The molecule has 4 nitrogen and oxygen atoms in total. The largest absolute Gasteiger partial charge is 0.349 e. The Balaban J connectivity index is 2.04. The molecule has 1 heterocycles. The van der Waals surface area contributed by atoms with E-state index in [1.54, 1.807) is 0 Å². The molecule has 0 bridgehead atoms. The van der Waals surface area contributed by atoms with Crippen LogP contribution in [-0.4, -0.2) is 21.7 Å². The maximum Gasteiger partial charge on any atom is 0.251 e. The number of carbonyl (C=O) groups excluding carboxylic acids is 1. The number of aromatic nitrogens is 2. The number of aryl methyl sites for hydroxylation is 2. The van der Waals surface area contributed by atoms with Crippen molar-refractivity contribution in [2.45, 2.75) is 47.2 Å². The van der Waals surface area contributed by atoms with Gasteiger partial charge in [-0.3, -0.25) is 9.48 Å². The van der Waals surface area contributed by atoms with E-state index in [0.29, 0.717) is 11.5 Å². The molecule has 118 valence electrons. The van der Waals surface area contributed by atoms with E-state index >= 15 is 0 Å². The number of benzene rings is 1. The Bertz CT molecular complexity index is 641. The SMILES string of the molecule is Cc1cc(C)n(Cc2ccc(C(=O)NC(C)C(C)C)cc2)n1. The van der Waals surface area contributed by atoms with Crippen molar-refractivity contribution in [2.75, 3.05) is 0 Å². The summed E-state index contributed by atoms with van der Waals surface area (Å²) >= 11 is 0. The Labute approximate surface area is 132 Å². The Morgan fingerprint density at radius 3 is 2.32 bits per heavy atom. The second-order valence-corrected chi connectivity index (χ2v) is 6.29. The first-order chi connectivity index (χ1) is 10.4. The minimum Gasteiger partial charge on any atom is -0.349 e. The Hall–Kier alpha value is -2.10. The summed E-state index contributed by atoms with van der Waals surface area (Å²) in [4.78, 5) is 12.2. The van der Waals surface area contributed by atoms with Gasteiger partial charge in [0.25, 0.3) is 5.91 Å². The summed E-state index contributed by atoms with van der Waals surface area (Å²) in [6.07, 6.45) is 0. The summed E-state index contributed by atoms with van der Waals surface area (Å²) in [7, 11) is 0. The highest BCUT2D eigenvalue weighted by atomic mass is 16.1. The minimum atomic E-state index is -0.0149. The van der Waals surface area contributed by atoms with E-state index in [-0.39, 0.29) is 11.9 Å². The van der Waals surface area contributed by atoms with Crippen LogP contribution in [0.15, 0.2) is 30.3 Å². The molecule has 1 N–H and O–H groups in total. The fraction of sp³-hybridized carbons (Fsp3) is 0.444. The van der Waals surface area contributed by atoms with Crippen LogP contribution in [0.4, 0.5) is 0 Å². The second-order valence-electron chi connectivity index (χ2n) is 6.29. The first-order valence-corrected chi connectivity index (χ1v) is 7.77. The zero-order chi connectivity index (χ0) is 16.3. The van der Waals surface area contributed by atoms with Crippen LogP contribution < -0.4 is 5.32 Å². The van der Waals surface area contributed by atoms with Crippen LogP contribution in [0.1, 0.15) is 48.1 Å². The van der Waals surface area contributed by atoms with Crippen LogP contribution in [-0.2, 0) is 6.54 Å². The van der Waals surface area contributed by atoms with E-state index in [4.69, 9.17) is 0 Å². The van der Waals surface area contributed by atoms with Crippen molar-refractivity contribution in [3.8, 4) is 0 Å². The van der Waals surface area contributed by atoms with Crippen molar-refractivity contribution in [3.63, 3.8) is 0 Å². The molecule has 0 aliphatic carbocycles. The van der Waals surface area contributed by atoms with Gasteiger partial charge in [0.15, 0.2) is 0 Å². The molecule has 0 radical (unpaired) electrons. The predicted molar refractivity (Wildman–Crippen MR) is 89.0 cm³/mol. The first kappa shape index (κ1) is 16.3. The van der Waals surface area contributed by atoms with Gasteiger partial charge in [-0.25, -0.2) is 0 Å². The van der Waals surface area contributed by atoms with Gasteiger partial charge < -0.3 is 5.32 Å². The summed E-state index contributed by atoms with van der Waals surface area (Å²) in [6, 6.07) is 9.97. The van der Waals surface area contributed by atoms with Crippen molar-refractivity contribution in [1.29, 1.82) is 0 Å². The fourth-order valence-electron chi connectivity index (χ4n) is 2.23. The molecule has 0 fully saturated rings. The van der Waals surface area contributed by atoms with Gasteiger partial charge in [0.1, 0.15) is 0 Å². The normalized spacial score (nSPS) is 12.5. The number of hydrogen-bond acceptors (Lipinski definition) is 2. The van der Waals surface area contributed by atoms with Gasteiger partial charge in [0, 0.05) is 17.3 Å². The summed E-state index contributed by atoms with van der Waals surface area (Å²) < 4.78 is 1.98. The molecule has 2 rings (SSSR count). The molecule has 0 aliphatic rings. The van der Waals surface area contributed by atoms with Crippen LogP contribution in [0.2, 0.25) is 0 Å².